The monoisotopic (exact) mass is 308 g/mol. The second-order valence-corrected chi connectivity index (χ2v) is 6.36. The van der Waals surface area contributed by atoms with Crippen LogP contribution in [0.15, 0.2) is 18.2 Å². The maximum Gasteiger partial charge on any atom is 0.227 e. The zero-order valence-corrected chi connectivity index (χ0v) is 12.7. The lowest BCUT2D eigenvalue weighted by molar-refractivity contribution is -0.136. The first-order chi connectivity index (χ1) is 10.6. The first-order valence-corrected chi connectivity index (χ1v) is 8.08. The summed E-state index contributed by atoms with van der Waals surface area (Å²) in [5.74, 6) is -1.29. The van der Waals surface area contributed by atoms with Crippen LogP contribution in [-0.2, 0) is 11.3 Å². The van der Waals surface area contributed by atoms with Gasteiger partial charge in [0, 0.05) is 26.2 Å². The van der Waals surface area contributed by atoms with E-state index in [0.717, 1.165) is 50.5 Å². The Morgan fingerprint density at radius 1 is 1.09 bits per heavy atom. The second-order valence-electron chi connectivity index (χ2n) is 6.36. The van der Waals surface area contributed by atoms with Crippen molar-refractivity contribution in [2.24, 2.45) is 5.92 Å². The molecule has 5 heteroatoms. The van der Waals surface area contributed by atoms with Gasteiger partial charge in [0.1, 0.15) is 0 Å². The molecule has 3 nitrogen and oxygen atoms in total. The first kappa shape index (κ1) is 15.4. The molecular formula is C17H22F2N2O. The third-order valence-electron chi connectivity index (χ3n) is 4.68. The average Bonchev–Trinajstić information content (AvgIpc) is 2.99. The molecule has 1 atom stereocenters. The van der Waals surface area contributed by atoms with Gasteiger partial charge < -0.3 is 4.90 Å². The van der Waals surface area contributed by atoms with Crippen molar-refractivity contribution < 1.29 is 13.6 Å². The Morgan fingerprint density at radius 3 is 2.59 bits per heavy atom. The summed E-state index contributed by atoms with van der Waals surface area (Å²) >= 11 is 0. The van der Waals surface area contributed by atoms with Crippen LogP contribution in [0.1, 0.15) is 31.2 Å². The predicted octanol–water partition coefficient (Wildman–Crippen LogP) is 2.80. The van der Waals surface area contributed by atoms with Gasteiger partial charge in [0.25, 0.3) is 0 Å². The highest BCUT2D eigenvalue weighted by Crippen LogP contribution is 2.23. The quantitative estimate of drug-likeness (QED) is 0.857. The molecule has 0 aliphatic carbocycles. The second kappa shape index (κ2) is 6.73. The number of halogens is 2. The lowest BCUT2D eigenvalue weighted by Crippen LogP contribution is -2.40. The van der Waals surface area contributed by atoms with Crippen molar-refractivity contribution in [3.8, 4) is 0 Å². The predicted molar refractivity (Wildman–Crippen MR) is 80.2 cm³/mol. The summed E-state index contributed by atoms with van der Waals surface area (Å²) in [6.07, 6.45) is 4.30. The molecule has 0 bridgehead atoms. The Balaban J connectivity index is 1.55. The summed E-state index contributed by atoms with van der Waals surface area (Å²) in [6, 6.07) is 4.02. The van der Waals surface area contributed by atoms with E-state index >= 15 is 0 Å². The van der Waals surface area contributed by atoms with Crippen molar-refractivity contribution >= 4 is 5.91 Å². The molecule has 2 fully saturated rings. The van der Waals surface area contributed by atoms with Crippen molar-refractivity contribution in [1.29, 1.82) is 0 Å². The Hall–Kier alpha value is -1.49. The van der Waals surface area contributed by atoms with Crippen LogP contribution >= 0.6 is 0 Å². The largest absolute Gasteiger partial charge is 0.342 e. The van der Waals surface area contributed by atoms with Gasteiger partial charge in [-0.1, -0.05) is 6.07 Å². The Kier molecular flexibility index (Phi) is 4.71. The molecule has 0 radical (unpaired) electrons. The van der Waals surface area contributed by atoms with E-state index in [1.807, 2.05) is 4.90 Å². The molecule has 120 valence electrons. The van der Waals surface area contributed by atoms with Gasteiger partial charge in [0.05, 0.1) is 5.92 Å². The zero-order chi connectivity index (χ0) is 15.5. The number of benzene rings is 1. The molecule has 2 heterocycles. The molecular weight excluding hydrogens is 286 g/mol. The van der Waals surface area contributed by atoms with Crippen molar-refractivity contribution in [3.63, 3.8) is 0 Å². The number of hydrogen-bond acceptors (Lipinski definition) is 2. The molecule has 1 amide bonds. The van der Waals surface area contributed by atoms with E-state index in [0.29, 0.717) is 13.1 Å². The van der Waals surface area contributed by atoms with Crippen LogP contribution in [0.2, 0.25) is 0 Å². The Bertz CT molecular complexity index is 543. The first-order valence-electron chi connectivity index (χ1n) is 8.08. The molecule has 0 N–H and O–H groups in total. The SMILES string of the molecule is O=C(C1CCN(Cc2ccc(F)c(F)c2)C1)N1CCCCC1. The van der Waals surface area contributed by atoms with Gasteiger partial charge in [0.2, 0.25) is 5.91 Å². The summed E-state index contributed by atoms with van der Waals surface area (Å²) < 4.78 is 26.2. The molecule has 2 aliphatic rings. The number of rotatable bonds is 3. The highest BCUT2D eigenvalue weighted by atomic mass is 19.2. The maximum atomic E-state index is 13.2. The third kappa shape index (κ3) is 3.46. The molecule has 22 heavy (non-hydrogen) atoms. The molecule has 0 aromatic heterocycles. The molecule has 0 spiro atoms. The molecule has 1 aromatic carbocycles. The minimum atomic E-state index is -0.816. The summed E-state index contributed by atoms with van der Waals surface area (Å²) in [7, 11) is 0. The van der Waals surface area contributed by atoms with Gasteiger partial charge in [-0.25, -0.2) is 8.78 Å². The number of nitrogens with zero attached hydrogens (tertiary/aromatic N) is 2. The van der Waals surface area contributed by atoms with Gasteiger partial charge in [-0.15, -0.1) is 0 Å². The van der Waals surface area contributed by atoms with Gasteiger partial charge in [0.15, 0.2) is 11.6 Å². The molecule has 1 aromatic rings. The van der Waals surface area contributed by atoms with E-state index in [9.17, 15) is 13.6 Å². The molecule has 0 saturated carbocycles. The van der Waals surface area contributed by atoms with Gasteiger partial charge in [-0.3, -0.25) is 9.69 Å². The zero-order valence-electron chi connectivity index (χ0n) is 12.7. The minimum Gasteiger partial charge on any atom is -0.342 e. The number of likely N-dealkylation sites (tertiary alicyclic amines) is 2. The summed E-state index contributed by atoms with van der Waals surface area (Å²) in [6.45, 7) is 3.90. The normalized spacial score (nSPS) is 23.0. The molecule has 2 saturated heterocycles. The summed E-state index contributed by atoms with van der Waals surface area (Å²) in [4.78, 5) is 16.6. The van der Waals surface area contributed by atoms with Crippen LogP contribution in [-0.4, -0.2) is 41.9 Å². The van der Waals surface area contributed by atoms with E-state index in [1.54, 1.807) is 6.07 Å². The van der Waals surface area contributed by atoms with Crippen molar-refractivity contribution in [2.75, 3.05) is 26.2 Å². The fraction of sp³-hybridized carbons (Fsp3) is 0.588. The minimum absolute atomic E-state index is 0.0587. The number of hydrogen-bond donors (Lipinski definition) is 0. The van der Waals surface area contributed by atoms with Crippen LogP contribution < -0.4 is 0 Å². The maximum absolute atomic E-state index is 13.2. The van der Waals surface area contributed by atoms with Crippen LogP contribution in [0.4, 0.5) is 8.78 Å². The smallest absolute Gasteiger partial charge is 0.227 e. The number of amides is 1. The van der Waals surface area contributed by atoms with Crippen molar-refractivity contribution in [1.82, 2.24) is 9.80 Å². The summed E-state index contributed by atoms with van der Waals surface area (Å²) in [5, 5.41) is 0. The van der Waals surface area contributed by atoms with E-state index in [2.05, 4.69) is 4.90 Å². The highest BCUT2D eigenvalue weighted by Gasteiger charge is 2.31. The van der Waals surface area contributed by atoms with Crippen LogP contribution in [0.5, 0.6) is 0 Å². The van der Waals surface area contributed by atoms with Crippen LogP contribution in [0, 0.1) is 17.6 Å². The molecule has 1 unspecified atom stereocenters. The summed E-state index contributed by atoms with van der Waals surface area (Å²) in [5.41, 5.74) is 0.755. The van der Waals surface area contributed by atoms with Crippen LogP contribution in [0.3, 0.4) is 0 Å². The number of carbonyl (C=O) groups is 1. The number of carbonyl (C=O) groups excluding carboxylic acids is 1. The van der Waals surface area contributed by atoms with E-state index in [4.69, 9.17) is 0 Å². The van der Waals surface area contributed by atoms with Gasteiger partial charge >= 0.3 is 0 Å². The topological polar surface area (TPSA) is 23.6 Å². The standard InChI is InChI=1S/C17H22F2N2O/c18-15-5-4-13(10-16(15)19)11-20-9-6-14(12-20)17(22)21-7-2-1-3-8-21/h4-5,10,14H,1-3,6-9,11-12H2. The lowest BCUT2D eigenvalue weighted by atomic mass is 10.0. The van der Waals surface area contributed by atoms with E-state index < -0.39 is 11.6 Å². The van der Waals surface area contributed by atoms with Crippen molar-refractivity contribution in [2.45, 2.75) is 32.2 Å². The van der Waals surface area contributed by atoms with E-state index in [-0.39, 0.29) is 11.8 Å². The Labute approximate surface area is 129 Å². The van der Waals surface area contributed by atoms with Crippen molar-refractivity contribution in [3.05, 3.63) is 35.4 Å². The van der Waals surface area contributed by atoms with E-state index in [1.165, 1.54) is 12.5 Å². The number of piperidine rings is 1. The highest BCUT2D eigenvalue weighted by molar-refractivity contribution is 5.79. The fourth-order valence-electron chi connectivity index (χ4n) is 3.45. The molecule has 2 aliphatic heterocycles. The van der Waals surface area contributed by atoms with Gasteiger partial charge in [-0.05, 0) is 49.9 Å². The molecule has 3 rings (SSSR count). The Morgan fingerprint density at radius 2 is 1.86 bits per heavy atom. The fourth-order valence-corrected chi connectivity index (χ4v) is 3.45. The average molecular weight is 308 g/mol. The van der Waals surface area contributed by atoms with Crippen LogP contribution in [0.25, 0.3) is 0 Å². The lowest BCUT2D eigenvalue weighted by Gasteiger charge is -2.29. The van der Waals surface area contributed by atoms with Gasteiger partial charge in [-0.2, -0.15) is 0 Å². The third-order valence-corrected chi connectivity index (χ3v) is 4.68.